The molecular weight excluding hydrogens is 370 g/mol. The SMILES string of the molecule is COc1ccc(CCNc2c(C)nc3c(N4CCOCC4)nccn23)cc1OC. The van der Waals surface area contributed by atoms with E-state index in [2.05, 4.69) is 25.7 Å². The monoisotopic (exact) mass is 397 g/mol. The molecule has 1 fully saturated rings. The van der Waals surface area contributed by atoms with Crippen LogP contribution in [-0.2, 0) is 11.2 Å². The molecule has 0 amide bonds. The number of rotatable bonds is 7. The fraction of sp³-hybridized carbons (Fsp3) is 0.429. The smallest absolute Gasteiger partial charge is 0.182 e. The van der Waals surface area contributed by atoms with Crippen LogP contribution < -0.4 is 19.7 Å². The molecule has 29 heavy (non-hydrogen) atoms. The van der Waals surface area contributed by atoms with Crippen molar-refractivity contribution in [2.45, 2.75) is 13.3 Å². The Labute approximate surface area is 170 Å². The summed E-state index contributed by atoms with van der Waals surface area (Å²) in [6, 6.07) is 6.01. The zero-order valence-corrected chi connectivity index (χ0v) is 17.1. The zero-order chi connectivity index (χ0) is 20.2. The number of imidazole rings is 1. The third-order valence-electron chi connectivity index (χ3n) is 5.16. The van der Waals surface area contributed by atoms with Crippen molar-refractivity contribution in [1.82, 2.24) is 14.4 Å². The number of hydrogen-bond acceptors (Lipinski definition) is 7. The number of anilines is 2. The second-order valence-corrected chi connectivity index (χ2v) is 6.96. The van der Waals surface area contributed by atoms with E-state index in [0.29, 0.717) is 0 Å². The normalized spacial score (nSPS) is 14.2. The number of nitrogens with zero attached hydrogens (tertiary/aromatic N) is 4. The molecule has 0 saturated carbocycles. The maximum Gasteiger partial charge on any atom is 0.182 e. The second kappa shape index (κ2) is 8.57. The summed E-state index contributed by atoms with van der Waals surface area (Å²) in [6.45, 7) is 5.91. The first kappa shape index (κ1) is 19.3. The largest absolute Gasteiger partial charge is 0.493 e. The topological polar surface area (TPSA) is 73.2 Å². The molecule has 8 heteroatoms. The van der Waals surface area contributed by atoms with E-state index in [0.717, 1.165) is 73.7 Å². The Kier molecular flexibility index (Phi) is 5.71. The second-order valence-electron chi connectivity index (χ2n) is 6.96. The van der Waals surface area contributed by atoms with Gasteiger partial charge in [0.15, 0.2) is 23.0 Å². The fourth-order valence-corrected chi connectivity index (χ4v) is 3.65. The van der Waals surface area contributed by atoms with Crippen molar-refractivity contribution in [3.63, 3.8) is 0 Å². The van der Waals surface area contributed by atoms with E-state index >= 15 is 0 Å². The van der Waals surface area contributed by atoms with E-state index in [4.69, 9.17) is 19.2 Å². The zero-order valence-electron chi connectivity index (χ0n) is 17.1. The standard InChI is InChI=1S/C21H27N5O3/c1-15-19(22-7-6-16-4-5-17(27-2)18(14-16)28-3)26-9-8-23-20(21(26)24-15)25-10-12-29-13-11-25/h4-5,8-9,14,22H,6-7,10-13H2,1-3H3. The Bertz CT molecular complexity index is 982. The van der Waals surface area contributed by atoms with Crippen molar-refractivity contribution in [2.24, 2.45) is 0 Å². The highest BCUT2D eigenvalue weighted by Crippen LogP contribution is 2.28. The van der Waals surface area contributed by atoms with E-state index in [9.17, 15) is 0 Å². The maximum absolute atomic E-state index is 5.46. The molecule has 154 valence electrons. The molecule has 1 N–H and O–H groups in total. The van der Waals surface area contributed by atoms with Crippen LogP contribution in [0.15, 0.2) is 30.6 Å². The Hall–Kier alpha value is -3.00. The summed E-state index contributed by atoms with van der Waals surface area (Å²) in [5.41, 5.74) is 3.01. The van der Waals surface area contributed by atoms with Gasteiger partial charge in [-0.2, -0.15) is 0 Å². The summed E-state index contributed by atoms with van der Waals surface area (Å²) >= 11 is 0. The molecule has 3 heterocycles. The Morgan fingerprint density at radius 3 is 2.69 bits per heavy atom. The highest BCUT2D eigenvalue weighted by molar-refractivity contribution is 5.69. The Morgan fingerprint density at radius 1 is 1.14 bits per heavy atom. The number of aryl methyl sites for hydroxylation is 1. The molecule has 0 spiro atoms. The molecule has 0 aliphatic carbocycles. The number of aromatic nitrogens is 3. The molecular formula is C21H27N5O3. The molecule has 1 aliphatic heterocycles. The third kappa shape index (κ3) is 3.93. The first-order chi connectivity index (χ1) is 14.2. The molecule has 0 unspecified atom stereocenters. The summed E-state index contributed by atoms with van der Waals surface area (Å²) in [6.07, 6.45) is 4.64. The molecule has 4 rings (SSSR count). The van der Waals surface area contributed by atoms with Crippen molar-refractivity contribution in [2.75, 3.05) is 57.3 Å². The van der Waals surface area contributed by atoms with Crippen molar-refractivity contribution in [3.8, 4) is 11.5 Å². The molecule has 8 nitrogen and oxygen atoms in total. The van der Waals surface area contributed by atoms with Gasteiger partial charge in [0, 0.05) is 32.0 Å². The lowest BCUT2D eigenvalue weighted by atomic mass is 10.1. The van der Waals surface area contributed by atoms with Gasteiger partial charge in [-0.15, -0.1) is 0 Å². The molecule has 1 aliphatic rings. The van der Waals surface area contributed by atoms with Gasteiger partial charge < -0.3 is 24.4 Å². The highest BCUT2D eigenvalue weighted by atomic mass is 16.5. The van der Waals surface area contributed by atoms with Crippen LogP contribution in [0.2, 0.25) is 0 Å². The fourth-order valence-electron chi connectivity index (χ4n) is 3.65. The number of hydrogen-bond donors (Lipinski definition) is 1. The number of fused-ring (bicyclic) bond motifs is 1. The number of morpholine rings is 1. The maximum atomic E-state index is 5.46. The lowest BCUT2D eigenvalue weighted by Gasteiger charge is -2.27. The minimum absolute atomic E-state index is 0.721. The minimum Gasteiger partial charge on any atom is -0.493 e. The van der Waals surface area contributed by atoms with Gasteiger partial charge in [0.05, 0.1) is 33.1 Å². The van der Waals surface area contributed by atoms with Crippen LogP contribution in [0.5, 0.6) is 11.5 Å². The number of ether oxygens (including phenoxy) is 3. The molecule has 1 aromatic carbocycles. The average molecular weight is 397 g/mol. The van der Waals surface area contributed by atoms with Gasteiger partial charge in [0.25, 0.3) is 0 Å². The van der Waals surface area contributed by atoms with Gasteiger partial charge in [-0.1, -0.05) is 6.07 Å². The summed E-state index contributed by atoms with van der Waals surface area (Å²) in [7, 11) is 3.30. The number of methoxy groups -OCH3 is 2. The van der Waals surface area contributed by atoms with Gasteiger partial charge in [0.1, 0.15) is 5.82 Å². The van der Waals surface area contributed by atoms with Crippen LogP contribution in [-0.4, -0.2) is 61.4 Å². The molecule has 2 aromatic heterocycles. The molecule has 0 bridgehead atoms. The molecule has 1 saturated heterocycles. The van der Waals surface area contributed by atoms with E-state index in [-0.39, 0.29) is 0 Å². The molecule has 0 atom stereocenters. The van der Waals surface area contributed by atoms with Crippen LogP contribution in [0.25, 0.3) is 5.65 Å². The number of nitrogens with one attached hydrogen (secondary N) is 1. The van der Waals surface area contributed by atoms with E-state index < -0.39 is 0 Å². The average Bonchev–Trinajstić information content (AvgIpc) is 3.09. The first-order valence-electron chi connectivity index (χ1n) is 9.82. The third-order valence-corrected chi connectivity index (χ3v) is 5.16. The first-order valence-corrected chi connectivity index (χ1v) is 9.82. The predicted molar refractivity (Wildman–Crippen MR) is 112 cm³/mol. The van der Waals surface area contributed by atoms with Crippen LogP contribution >= 0.6 is 0 Å². The van der Waals surface area contributed by atoms with E-state index in [1.54, 1.807) is 14.2 Å². The van der Waals surface area contributed by atoms with Gasteiger partial charge >= 0.3 is 0 Å². The van der Waals surface area contributed by atoms with Crippen molar-refractivity contribution >= 4 is 17.3 Å². The van der Waals surface area contributed by atoms with Crippen molar-refractivity contribution in [1.29, 1.82) is 0 Å². The van der Waals surface area contributed by atoms with Crippen LogP contribution in [0.4, 0.5) is 11.6 Å². The number of benzene rings is 1. The van der Waals surface area contributed by atoms with Crippen molar-refractivity contribution < 1.29 is 14.2 Å². The molecule has 3 aromatic rings. The van der Waals surface area contributed by atoms with Crippen LogP contribution in [0.3, 0.4) is 0 Å². The highest BCUT2D eigenvalue weighted by Gasteiger charge is 2.19. The molecule has 0 radical (unpaired) electrons. The quantitative estimate of drug-likeness (QED) is 0.657. The van der Waals surface area contributed by atoms with E-state index in [1.807, 2.05) is 31.5 Å². The van der Waals surface area contributed by atoms with Gasteiger partial charge in [0.2, 0.25) is 0 Å². The van der Waals surface area contributed by atoms with Crippen LogP contribution in [0, 0.1) is 6.92 Å². The Balaban J connectivity index is 1.50. The lowest BCUT2D eigenvalue weighted by Crippen LogP contribution is -2.37. The van der Waals surface area contributed by atoms with Crippen molar-refractivity contribution in [3.05, 3.63) is 41.9 Å². The van der Waals surface area contributed by atoms with Gasteiger partial charge in [-0.25, -0.2) is 9.97 Å². The summed E-state index contributed by atoms with van der Waals surface area (Å²) in [5, 5.41) is 3.54. The Morgan fingerprint density at radius 2 is 1.93 bits per heavy atom. The predicted octanol–water partition coefficient (Wildman–Crippen LogP) is 2.55. The van der Waals surface area contributed by atoms with Gasteiger partial charge in [-0.3, -0.25) is 4.40 Å². The minimum atomic E-state index is 0.721. The summed E-state index contributed by atoms with van der Waals surface area (Å²) in [5.74, 6) is 3.39. The lowest BCUT2D eigenvalue weighted by molar-refractivity contribution is 0.122. The summed E-state index contributed by atoms with van der Waals surface area (Å²) < 4.78 is 18.3. The van der Waals surface area contributed by atoms with E-state index in [1.165, 1.54) is 5.56 Å². The summed E-state index contributed by atoms with van der Waals surface area (Å²) in [4.78, 5) is 11.6. The van der Waals surface area contributed by atoms with Gasteiger partial charge in [-0.05, 0) is 31.0 Å². The van der Waals surface area contributed by atoms with Crippen LogP contribution in [0.1, 0.15) is 11.3 Å².